The molecule has 6 nitrogen and oxygen atoms in total. The molecule has 0 bridgehead atoms. The SMILES string of the molecule is CCCCN(C)Cc1cn[nH]c1C1CCC(C(=O)NCCOc2ccccc2)CC1. The van der Waals surface area contributed by atoms with Crippen LogP contribution < -0.4 is 10.1 Å². The van der Waals surface area contributed by atoms with Crippen molar-refractivity contribution >= 4 is 5.91 Å². The average Bonchev–Trinajstić information content (AvgIpc) is 3.24. The van der Waals surface area contributed by atoms with Crippen LogP contribution in [0, 0.1) is 5.92 Å². The van der Waals surface area contributed by atoms with E-state index in [9.17, 15) is 4.79 Å². The highest BCUT2D eigenvalue weighted by molar-refractivity contribution is 5.78. The van der Waals surface area contributed by atoms with E-state index in [-0.39, 0.29) is 11.8 Å². The van der Waals surface area contributed by atoms with Gasteiger partial charge in [-0.2, -0.15) is 5.10 Å². The van der Waals surface area contributed by atoms with Gasteiger partial charge < -0.3 is 15.0 Å². The van der Waals surface area contributed by atoms with Crippen molar-refractivity contribution in [3.05, 3.63) is 47.8 Å². The first kappa shape index (κ1) is 22.3. The summed E-state index contributed by atoms with van der Waals surface area (Å²) >= 11 is 0. The maximum atomic E-state index is 12.5. The molecule has 0 spiro atoms. The number of amides is 1. The zero-order chi connectivity index (χ0) is 21.2. The van der Waals surface area contributed by atoms with Gasteiger partial charge in [0, 0.05) is 29.6 Å². The molecule has 30 heavy (non-hydrogen) atoms. The second kappa shape index (κ2) is 11.7. The molecule has 1 aromatic carbocycles. The van der Waals surface area contributed by atoms with Crippen molar-refractivity contribution in [3.8, 4) is 5.75 Å². The maximum Gasteiger partial charge on any atom is 0.223 e. The number of benzene rings is 1. The van der Waals surface area contributed by atoms with Crippen LogP contribution >= 0.6 is 0 Å². The Morgan fingerprint density at radius 1 is 1.23 bits per heavy atom. The monoisotopic (exact) mass is 412 g/mol. The fraction of sp³-hybridized carbons (Fsp3) is 0.583. The molecular weight excluding hydrogens is 376 g/mol. The minimum Gasteiger partial charge on any atom is -0.492 e. The molecule has 0 aliphatic heterocycles. The lowest BCUT2D eigenvalue weighted by atomic mass is 9.79. The molecule has 1 aliphatic carbocycles. The van der Waals surface area contributed by atoms with E-state index in [4.69, 9.17) is 4.74 Å². The number of aromatic amines is 1. The summed E-state index contributed by atoms with van der Waals surface area (Å²) in [5.41, 5.74) is 2.58. The topological polar surface area (TPSA) is 70.2 Å². The average molecular weight is 413 g/mol. The van der Waals surface area contributed by atoms with Gasteiger partial charge in [-0.15, -0.1) is 0 Å². The van der Waals surface area contributed by atoms with E-state index in [0.29, 0.717) is 19.1 Å². The van der Waals surface area contributed by atoms with Crippen LogP contribution in [0.4, 0.5) is 0 Å². The van der Waals surface area contributed by atoms with Crippen LogP contribution in [0.2, 0.25) is 0 Å². The number of rotatable bonds is 11. The molecule has 1 fully saturated rings. The second-order valence-electron chi connectivity index (χ2n) is 8.40. The number of H-pyrrole nitrogens is 1. The molecule has 6 heteroatoms. The minimum atomic E-state index is 0.108. The zero-order valence-electron chi connectivity index (χ0n) is 18.4. The Hall–Kier alpha value is -2.34. The van der Waals surface area contributed by atoms with E-state index in [1.807, 2.05) is 36.5 Å². The second-order valence-corrected chi connectivity index (χ2v) is 8.40. The lowest BCUT2D eigenvalue weighted by Gasteiger charge is -2.28. The van der Waals surface area contributed by atoms with E-state index < -0.39 is 0 Å². The number of hydrogen-bond donors (Lipinski definition) is 2. The molecule has 1 saturated carbocycles. The van der Waals surface area contributed by atoms with Gasteiger partial charge in [-0.05, 0) is 57.8 Å². The van der Waals surface area contributed by atoms with E-state index in [0.717, 1.165) is 44.5 Å². The number of nitrogens with zero attached hydrogens (tertiary/aromatic N) is 2. The Labute approximate surface area is 180 Å². The first-order valence-electron chi connectivity index (χ1n) is 11.3. The van der Waals surface area contributed by atoms with Gasteiger partial charge in [0.1, 0.15) is 12.4 Å². The quantitative estimate of drug-likeness (QED) is 0.545. The van der Waals surface area contributed by atoms with Gasteiger partial charge in [0.2, 0.25) is 5.91 Å². The summed E-state index contributed by atoms with van der Waals surface area (Å²) in [5.74, 6) is 1.58. The Morgan fingerprint density at radius 3 is 2.73 bits per heavy atom. The molecule has 2 aromatic rings. The highest BCUT2D eigenvalue weighted by atomic mass is 16.5. The Morgan fingerprint density at radius 2 is 2.00 bits per heavy atom. The largest absolute Gasteiger partial charge is 0.492 e. The Kier molecular flexibility index (Phi) is 8.75. The van der Waals surface area contributed by atoms with Crippen molar-refractivity contribution in [1.82, 2.24) is 20.4 Å². The lowest BCUT2D eigenvalue weighted by molar-refractivity contribution is -0.126. The number of nitrogens with one attached hydrogen (secondary N) is 2. The number of para-hydroxylation sites is 1. The molecule has 1 aliphatic rings. The van der Waals surface area contributed by atoms with E-state index >= 15 is 0 Å². The summed E-state index contributed by atoms with van der Waals surface area (Å²) < 4.78 is 5.65. The van der Waals surface area contributed by atoms with Crippen LogP contribution in [-0.4, -0.2) is 47.7 Å². The first-order chi connectivity index (χ1) is 14.7. The van der Waals surface area contributed by atoms with Crippen molar-refractivity contribution < 1.29 is 9.53 Å². The van der Waals surface area contributed by atoms with Gasteiger partial charge in [-0.25, -0.2) is 0 Å². The summed E-state index contributed by atoms with van der Waals surface area (Å²) in [6.45, 7) is 5.31. The summed E-state index contributed by atoms with van der Waals surface area (Å²) in [4.78, 5) is 14.9. The Bertz CT molecular complexity index is 754. The van der Waals surface area contributed by atoms with Crippen LogP contribution in [0.5, 0.6) is 5.75 Å². The number of aromatic nitrogens is 2. The third kappa shape index (κ3) is 6.59. The summed E-state index contributed by atoms with van der Waals surface area (Å²) in [5, 5.41) is 10.6. The standard InChI is InChI=1S/C24H36N4O2/c1-3-4-15-28(2)18-21-17-26-27-23(21)19-10-12-20(13-11-19)24(29)25-14-16-30-22-8-6-5-7-9-22/h5-9,17,19-20H,3-4,10-16,18H2,1-2H3,(H,25,29)(H,26,27). The number of unbranched alkanes of at least 4 members (excludes halogenated alkanes) is 1. The van der Waals surface area contributed by atoms with E-state index in [2.05, 4.69) is 34.4 Å². The highest BCUT2D eigenvalue weighted by Gasteiger charge is 2.29. The highest BCUT2D eigenvalue weighted by Crippen LogP contribution is 2.36. The molecule has 2 N–H and O–H groups in total. The van der Waals surface area contributed by atoms with Crippen molar-refractivity contribution in [2.24, 2.45) is 5.92 Å². The molecular formula is C24H36N4O2. The van der Waals surface area contributed by atoms with Gasteiger partial charge in [0.05, 0.1) is 12.7 Å². The van der Waals surface area contributed by atoms with E-state index in [1.54, 1.807) is 0 Å². The molecule has 164 valence electrons. The summed E-state index contributed by atoms with van der Waals surface area (Å²) in [6.07, 6.45) is 8.34. The summed E-state index contributed by atoms with van der Waals surface area (Å²) in [7, 11) is 2.18. The fourth-order valence-electron chi connectivity index (χ4n) is 4.25. The first-order valence-corrected chi connectivity index (χ1v) is 11.3. The predicted octanol–water partition coefficient (Wildman–Crippen LogP) is 4.11. The fourth-order valence-corrected chi connectivity index (χ4v) is 4.25. The van der Waals surface area contributed by atoms with Crippen molar-refractivity contribution in [1.29, 1.82) is 0 Å². The van der Waals surface area contributed by atoms with Crippen LogP contribution in [-0.2, 0) is 11.3 Å². The number of hydrogen-bond acceptors (Lipinski definition) is 4. The van der Waals surface area contributed by atoms with Crippen molar-refractivity contribution in [2.45, 2.75) is 57.9 Å². The molecule has 1 heterocycles. The van der Waals surface area contributed by atoms with Crippen LogP contribution in [0.15, 0.2) is 36.5 Å². The van der Waals surface area contributed by atoms with Gasteiger partial charge in [0.25, 0.3) is 0 Å². The zero-order valence-corrected chi connectivity index (χ0v) is 18.4. The molecule has 0 radical (unpaired) electrons. The number of carbonyl (C=O) groups excluding carboxylic acids is 1. The Balaban J connectivity index is 1.39. The van der Waals surface area contributed by atoms with Gasteiger partial charge in [0.15, 0.2) is 0 Å². The van der Waals surface area contributed by atoms with Crippen molar-refractivity contribution in [2.75, 3.05) is 26.7 Å². The lowest BCUT2D eigenvalue weighted by Crippen LogP contribution is -2.35. The van der Waals surface area contributed by atoms with Crippen LogP contribution in [0.25, 0.3) is 0 Å². The third-order valence-corrected chi connectivity index (χ3v) is 6.00. The smallest absolute Gasteiger partial charge is 0.223 e. The van der Waals surface area contributed by atoms with Crippen molar-refractivity contribution in [3.63, 3.8) is 0 Å². The molecule has 1 amide bonds. The van der Waals surface area contributed by atoms with Crippen LogP contribution in [0.3, 0.4) is 0 Å². The third-order valence-electron chi connectivity index (χ3n) is 6.00. The van der Waals surface area contributed by atoms with E-state index in [1.165, 1.54) is 24.1 Å². The minimum absolute atomic E-state index is 0.108. The predicted molar refractivity (Wildman–Crippen MR) is 119 cm³/mol. The van der Waals surface area contributed by atoms with Gasteiger partial charge in [-0.1, -0.05) is 31.5 Å². The summed E-state index contributed by atoms with van der Waals surface area (Å²) in [6, 6.07) is 9.70. The molecule has 3 rings (SSSR count). The normalized spacial score (nSPS) is 19.0. The molecule has 0 unspecified atom stereocenters. The number of carbonyl (C=O) groups is 1. The molecule has 0 saturated heterocycles. The number of ether oxygens (including phenoxy) is 1. The van der Waals surface area contributed by atoms with Gasteiger partial charge >= 0.3 is 0 Å². The molecule has 0 atom stereocenters. The maximum absolute atomic E-state index is 12.5. The van der Waals surface area contributed by atoms with Crippen LogP contribution in [0.1, 0.15) is 62.6 Å². The van der Waals surface area contributed by atoms with Gasteiger partial charge in [-0.3, -0.25) is 9.89 Å². The molecule has 1 aromatic heterocycles.